The number of nitrogens with zero attached hydrogens (tertiary/aromatic N) is 3. The fraction of sp³-hybridized carbons (Fsp3) is 0.341. The van der Waals surface area contributed by atoms with Gasteiger partial charge in [-0.3, -0.25) is 4.79 Å². The van der Waals surface area contributed by atoms with Crippen LogP contribution in [0.4, 0.5) is 5.69 Å². The number of rotatable bonds is 9. The quantitative estimate of drug-likeness (QED) is 0.191. The van der Waals surface area contributed by atoms with E-state index < -0.39 is 0 Å². The maximum atomic E-state index is 12.5. The molecule has 4 aromatic carbocycles. The molecule has 6 rings (SSSR count). The molecule has 0 saturated carbocycles. The molecule has 2 heterocycles. The van der Waals surface area contributed by atoms with Gasteiger partial charge >= 0.3 is 0 Å². The van der Waals surface area contributed by atoms with Gasteiger partial charge in [-0.15, -0.1) is 0 Å². The first kappa shape index (κ1) is 33.2. The summed E-state index contributed by atoms with van der Waals surface area (Å²) < 4.78 is 5.98. The fourth-order valence-corrected chi connectivity index (χ4v) is 6.36. The van der Waals surface area contributed by atoms with Gasteiger partial charge in [0.05, 0.1) is 0 Å². The van der Waals surface area contributed by atoms with Gasteiger partial charge < -0.3 is 19.4 Å². The number of amides is 1. The number of benzene rings is 4. The van der Waals surface area contributed by atoms with E-state index in [0.29, 0.717) is 19.1 Å². The minimum Gasteiger partial charge on any atom is -0.488 e. The molecule has 0 bridgehead atoms. The lowest BCUT2D eigenvalue weighted by atomic mass is 9.93. The van der Waals surface area contributed by atoms with E-state index in [1.807, 2.05) is 36.1 Å². The van der Waals surface area contributed by atoms with Gasteiger partial charge in [0.15, 0.2) is 0 Å². The molecular formula is C41H49N3O2. The van der Waals surface area contributed by atoms with E-state index >= 15 is 0 Å². The van der Waals surface area contributed by atoms with Crippen LogP contribution in [0.5, 0.6) is 5.75 Å². The zero-order valence-corrected chi connectivity index (χ0v) is 27.8. The summed E-state index contributed by atoms with van der Waals surface area (Å²) in [4.78, 5) is 19.3. The van der Waals surface area contributed by atoms with Crippen molar-refractivity contribution in [1.29, 1.82) is 0 Å². The van der Waals surface area contributed by atoms with Crippen LogP contribution < -0.4 is 9.64 Å². The first-order chi connectivity index (χ1) is 22.5. The highest BCUT2D eigenvalue weighted by Gasteiger charge is 2.28. The van der Waals surface area contributed by atoms with Crippen molar-refractivity contribution in [2.45, 2.75) is 51.7 Å². The average Bonchev–Trinajstić information content (AvgIpc) is 3.26. The third kappa shape index (κ3) is 8.96. The summed E-state index contributed by atoms with van der Waals surface area (Å²) in [6, 6.07) is 38.0. The van der Waals surface area contributed by atoms with E-state index in [2.05, 4.69) is 115 Å². The third-order valence-electron chi connectivity index (χ3n) is 8.88. The maximum absolute atomic E-state index is 12.5. The summed E-state index contributed by atoms with van der Waals surface area (Å²) in [5.41, 5.74) is 7.47. The van der Waals surface area contributed by atoms with Crippen molar-refractivity contribution >= 4 is 17.2 Å². The first-order valence-electron chi connectivity index (χ1n) is 16.8. The van der Waals surface area contributed by atoms with Crippen LogP contribution in [-0.4, -0.2) is 62.0 Å². The summed E-state index contributed by atoms with van der Waals surface area (Å²) in [7, 11) is 4.22. The van der Waals surface area contributed by atoms with Crippen LogP contribution in [0.25, 0.3) is 5.57 Å². The Hall–Kier alpha value is -4.19. The number of piperidine rings is 1. The van der Waals surface area contributed by atoms with Crippen molar-refractivity contribution in [3.63, 3.8) is 0 Å². The molecule has 0 aromatic heterocycles. The van der Waals surface area contributed by atoms with E-state index in [0.717, 1.165) is 63.3 Å². The normalized spacial score (nSPS) is 15.6. The predicted molar refractivity (Wildman–Crippen MR) is 191 cm³/mol. The molecule has 0 radical (unpaired) electrons. The number of ether oxygens (including phenoxy) is 1. The fourth-order valence-electron chi connectivity index (χ4n) is 6.36. The van der Waals surface area contributed by atoms with Crippen LogP contribution in [0.15, 0.2) is 115 Å². The minimum atomic E-state index is 0.230. The number of likely N-dealkylation sites (tertiary alicyclic amines) is 1. The average molecular weight is 616 g/mol. The van der Waals surface area contributed by atoms with Gasteiger partial charge in [-0.05, 0) is 80.2 Å². The van der Waals surface area contributed by atoms with Gasteiger partial charge in [0.25, 0.3) is 0 Å². The van der Waals surface area contributed by atoms with Gasteiger partial charge in [0, 0.05) is 49.9 Å². The lowest BCUT2D eigenvalue weighted by Gasteiger charge is -2.38. The van der Waals surface area contributed by atoms with Gasteiger partial charge in [-0.25, -0.2) is 0 Å². The second-order valence-electron chi connectivity index (χ2n) is 12.4. The maximum Gasteiger partial charge on any atom is 0.226 e. The molecule has 1 saturated heterocycles. The minimum absolute atomic E-state index is 0.230. The van der Waals surface area contributed by atoms with Crippen LogP contribution >= 0.6 is 0 Å². The van der Waals surface area contributed by atoms with Crippen molar-refractivity contribution in [2.75, 3.05) is 45.2 Å². The van der Waals surface area contributed by atoms with Gasteiger partial charge in [0.2, 0.25) is 5.91 Å². The van der Waals surface area contributed by atoms with Crippen LogP contribution in [0.2, 0.25) is 0 Å². The molecule has 4 aromatic rings. The van der Waals surface area contributed by atoms with Crippen LogP contribution in [0.1, 0.15) is 54.9 Å². The van der Waals surface area contributed by atoms with Crippen LogP contribution in [0.3, 0.4) is 0 Å². The van der Waals surface area contributed by atoms with Crippen molar-refractivity contribution in [3.8, 4) is 5.75 Å². The molecule has 46 heavy (non-hydrogen) atoms. The Bertz CT molecular complexity index is 1490. The molecule has 0 spiro atoms. The SMILES string of the molecule is CCC(=O)N(c1ccccc1)C1CCN(CCc2ccccc2)CC1.CN(C)CCC=C1c2ccccc2COc2ccccc21. The molecule has 0 atom stereocenters. The number of hydrogen-bond acceptors (Lipinski definition) is 4. The van der Waals surface area contributed by atoms with Gasteiger partial charge in [-0.1, -0.05) is 104 Å². The Morgan fingerprint density at radius 2 is 1.46 bits per heavy atom. The smallest absolute Gasteiger partial charge is 0.226 e. The summed E-state index contributed by atoms with van der Waals surface area (Å²) in [5.74, 6) is 1.21. The lowest BCUT2D eigenvalue weighted by Crippen LogP contribution is -2.47. The molecule has 0 unspecified atom stereocenters. The Morgan fingerprint density at radius 1 is 0.826 bits per heavy atom. The summed E-state index contributed by atoms with van der Waals surface area (Å²) in [5, 5.41) is 0. The number of para-hydroxylation sites is 2. The predicted octanol–water partition coefficient (Wildman–Crippen LogP) is 8.10. The van der Waals surface area contributed by atoms with Crippen LogP contribution in [-0.2, 0) is 17.8 Å². The van der Waals surface area contributed by atoms with Crippen molar-refractivity contribution in [1.82, 2.24) is 9.80 Å². The highest BCUT2D eigenvalue weighted by molar-refractivity contribution is 5.93. The standard InChI is InChI=1S/C22H28N2O.C19H21NO/c1-2-22(25)24(20-11-7-4-8-12-20)21-14-17-23(18-15-21)16-13-19-9-5-3-6-10-19;1-20(2)13-7-11-17-16-9-4-3-8-15(16)14-21-19-12-6-5-10-18(17)19/h3-12,21H,2,13-18H2,1H3;3-6,8-12H,7,13-14H2,1-2H3. The topological polar surface area (TPSA) is 36.0 Å². The summed E-state index contributed by atoms with van der Waals surface area (Å²) in [6.07, 6.45) is 7.13. The van der Waals surface area contributed by atoms with E-state index in [4.69, 9.17) is 4.74 Å². The molecule has 0 N–H and O–H groups in total. The molecule has 5 nitrogen and oxygen atoms in total. The third-order valence-corrected chi connectivity index (χ3v) is 8.88. The first-order valence-corrected chi connectivity index (χ1v) is 16.8. The Morgan fingerprint density at radius 3 is 2.15 bits per heavy atom. The summed E-state index contributed by atoms with van der Waals surface area (Å²) in [6.45, 7) is 6.87. The number of fused-ring (bicyclic) bond motifs is 2. The Labute approximate surface area is 276 Å². The van der Waals surface area contributed by atoms with Crippen LogP contribution in [0, 0.1) is 0 Å². The van der Waals surface area contributed by atoms with Gasteiger partial charge in [-0.2, -0.15) is 0 Å². The monoisotopic (exact) mass is 615 g/mol. The number of carbonyl (C=O) groups excluding carboxylic acids is 1. The zero-order chi connectivity index (χ0) is 32.1. The van der Waals surface area contributed by atoms with Crippen molar-refractivity contribution in [2.24, 2.45) is 0 Å². The van der Waals surface area contributed by atoms with Crippen molar-refractivity contribution in [3.05, 3.63) is 138 Å². The largest absolute Gasteiger partial charge is 0.488 e. The molecule has 0 aliphatic carbocycles. The van der Waals surface area contributed by atoms with Gasteiger partial charge in [0.1, 0.15) is 12.4 Å². The molecule has 5 heteroatoms. The second kappa shape index (κ2) is 16.9. The second-order valence-corrected chi connectivity index (χ2v) is 12.4. The zero-order valence-electron chi connectivity index (χ0n) is 27.8. The lowest BCUT2D eigenvalue weighted by molar-refractivity contribution is -0.119. The number of hydrogen-bond donors (Lipinski definition) is 0. The summed E-state index contributed by atoms with van der Waals surface area (Å²) >= 11 is 0. The highest BCUT2D eigenvalue weighted by atomic mass is 16.5. The number of anilines is 1. The molecule has 1 fully saturated rings. The van der Waals surface area contributed by atoms with Crippen molar-refractivity contribution < 1.29 is 9.53 Å². The van der Waals surface area contributed by atoms with E-state index in [9.17, 15) is 4.79 Å². The number of carbonyl (C=O) groups is 1. The van der Waals surface area contributed by atoms with E-state index in [-0.39, 0.29) is 5.91 Å². The Kier molecular flexibility index (Phi) is 12.2. The molecule has 1 amide bonds. The Balaban J connectivity index is 0.000000184. The molecular weight excluding hydrogens is 566 g/mol. The molecule has 240 valence electrons. The molecule has 2 aliphatic heterocycles. The van der Waals surface area contributed by atoms with E-state index in [1.54, 1.807) is 0 Å². The molecule has 2 aliphatic rings. The van der Waals surface area contributed by atoms with E-state index in [1.165, 1.54) is 27.8 Å². The highest BCUT2D eigenvalue weighted by Crippen LogP contribution is 2.36.